The maximum atomic E-state index is 13.3. The van der Waals surface area contributed by atoms with E-state index < -0.39 is 10.0 Å². The molecule has 1 amide bonds. The third-order valence-electron chi connectivity index (χ3n) is 5.71. The van der Waals surface area contributed by atoms with Gasteiger partial charge in [0.1, 0.15) is 5.75 Å². The topological polar surface area (TPSA) is 75.7 Å². The number of benzene rings is 2. The molecule has 0 aromatic heterocycles. The second-order valence-electron chi connectivity index (χ2n) is 7.69. The van der Waals surface area contributed by atoms with Gasteiger partial charge in [0.05, 0.1) is 12.0 Å². The highest BCUT2D eigenvalue weighted by Gasteiger charge is 2.27. The molecule has 1 fully saturated rings. The first kappa shape index (κ1) is 22.2. The van der Waals surface area contributed by atoms with Gasteiger partial charge in [0, 0.05) is 23.8 Å². The average molecular weight is 431 g/mol. The number of amides is 1. The molecule has 0 radical (unpaired) electrons. The van der Waals surface area contributed by atoms with Gasteiger partial charge < -0.3 is 9.64 Å². The molecular weight excluding hydrogens is 400 g/mol. The SMILES string of the molecule is CCN(C(=O)c1cc(S(=O)(=O)Nc2ccc(OC)cc2)ccc1C)C1CCCCC1. The molecule has 30 heavy (non-hydrogen) atoms. The highest BCUT2D eigenvalue weighted by Crippen LogP contribution is 2.26. The Labute approximate surface area is 179 Å². The molecule has 0 bridgehead atoms. The van der Waals surface area contributed by atoms with Crippen molar-refractivity contribution in [2.24, 2.45) is 0 Å². The number of carbonyl (C=O) groups is 1. The normalized spacial score (nSPS) is 14.9. The van der Waals surface area contributed by atoms with E-state index in [2.05, 4.69) is 4.72 Å². The van der Waals surface area contributed by atoms with Crippen molar-refractivity contribution in [2.75, 3.05) is 18.4 Å². The van der Waals surface area contributed by atoms with E-state index in [1.54, 1.807) is 37.4 Å². The Morgan fingerprint density at radius 2 is 1.77 bits per heavy atom. The van der Waals surface area contributed by atoms with E-state index in [1.165, 1.54) is 18.6 Å². The van der Waals surface area contributed by atoms with Crippen LogP contribution in [0.15, 0.2) is 47.4 Å². The molecule has 0 heterocycles. The largest absolute Gasteiger partial charge is 0.497 e. The van der Waals surface area contributed by atoms with Crippen LogP contribution < -0.4 is 9.46 Å². The molecule has 1 aliphatic rings. The van der Waals surface area contributed by atoms with E-state index in [0.29, 0.717) is 23.5 Å². The number of rotatable bonds is 7. The van der Waals surface area contributed by atoms with Gasteiger partial charge in [0.15, 0.2) is 0 Å². The minimum absolute atomic E-state index is 0.0759. The molecule has 0 saturated heterocycles. The Hall–Kier alpha value is -2.54. The Balaban J connectivity index is 1.86. The number of carbonyl (C=O) groups excluding carboxylic acids is 1. The van der Waals surface area contributed by atoms with Gasteiger partial charge in [0.25, 0.3) is 15.9 Å². The summed E-state index contributed by atoms with van der Waals surface area (Å²) in [5, 5.41) is 0. The summed E-state index contributed by atoms with van der Waals surface area (Å²) in [6, 6.07) is 11.6. The van der Waals surface area contributed by atoms with E-state index in [1.807, 2.05) is 18.7 Å². The first-order valence-corrected chi connectivity index (χ1v) is 11.9. The van der Waals surface area contributed by atoms with Crippen molar-refractivity contribution < 1.29 is 17.9 Å². The van der Waals surface area contributed by atoms with Crippen molar-refractivity contribution in [3.8, 4) is 5.75 Å². The van der Waals surface area contributed by atoms with Gasteiger partial charge in [-0.25, -0.2) is 8.42 Å². The standard InChI is InChI=1S/C23H30N2O4S/c1-4-25(19-8-6-5-7-9-19)23(26)22-16-21(15-10-17(22)2)30(27,28)24-18-11-13-20(29-3)14-12-18/h10-16,19,24H,4-9H2,1-3H3. The van der Waals surface area contributed by atoms with Crippen LogP contribution in [-0.4, -0.2) is 38.9 Å². The molecule has 0 aliphatic heterocycles. The highest BCUT2D eigenvalue weighted by atomic mass is 32.2. The number of sulfonamides is 1. The lowest BCUT2D eigenvalue weighted by atomic mass is 9.93. The fourth-order valence-corrected chi connectivity index (χ4v) is 5.07. The lowest BCUT2D eigenvalue weighted by Gasteiger charge is -2.34. The summed E-state index contributed by atoms with van der Waals surface area (Å²) < 4.78 is 33.5. The molecule has 2 aromatic carbocycles. The quantitative estimate of drug-likeness (QED) is 0.697. The molecule has 7 heteroatoms. The molecule has 0 unspecified atom stereocenters. The third-order valence-corrected chi connectivity index (χ3v) is 7.09. The van der Waals surface area contributed by atoms with Crippen molar-refractivity contribution in [1.82, 2.24) is 4.90 Å². The lowest BCUT2D eigenvalue weighted by Crippen LogP contribution is -2.41. The summed E-state index contributed by atoms with van der Waals surface area (Å²) >= 11 is 0. The van der Waals surface area contributed by atoms with Crippen LogP contribution in [0.4, 0.5) is 5.69 Å². The van der Waals surface area contributed by atoms with E-state index in [0.717, 1.165) is 31.2 Å². The van der Waals surface area contributed by atoms with Crippen LogP contribution in [0, 0.1) is 6.92 Å². The zero-order valence-electron chi connectivity index (χ0n) is 17.8. The molecule has 1 N–H and O–H groups in total. The van der Waals surface area contributed by atoms with E-state index in [9.17, 15) is 13.2 Å². The number of ether oxygens (including phenoxy) is 1. The van der Waals surface area contributed by atoms with Crippen molar-refractivity contribution in [3.63, 3.8) is 0 Å². The minimum Gasteiger partial charge on any atom is -0.497 e. The number of nitrogens with zero attached hydrogens (tertiary/aromatic N) is 1. The summed E-state index contributed by atoms with van der Waals surface area (Å²) in [4.78, 5) is 15.3. The van der Waals surface area contributed by atoms with Crippen molar-refractivity contribution in [2.45, 2.75) is 56.9 Å². The van der Waals surface area contributed by atoms with Crippen LogP contribution in [0.2, 0.25) is 0 Å². The third kappa shape index (κ3) is 4.95. The van der Waals surface area contributed by atoms with E-state index in [-0.39, 0.29) is 16.8 Å². The molecule has 0 atom stereocenters. The molecule has 6 nitrogen and oxygen atoms in total. The predicted octanol–water partition coefficient (Wildman–Crippen LogP) is 4.60. The number of anilines is 1. The summed E-state index contributed by atoms with van der Waals surface area (Å²) in [6.07, 6.45) is 5.50. The molecular formula is C23H30N2O4S. The summed E-state index contributed by atoms with van der Waals surface area (Å²) in [7, 11) is -2.27. The maximum Gasteiger partial charge on any atom is 0.261 e. The lowest BCUT2D eigenvalue weighted by molar-refractivity contribution is 0.0647. The number of methoxy groups -OCH3 is 1. The van der Waals surface area contributed by atoms with Gasteiger partial charge in [0.2, 0.25) is 0 Å². The first-order valence-electron chi connectivity index (χ1n) is 10.4. The number of hydrogen-bond donors (Lipinski definition) is 1. The van der Waals surface area contributed by atoms with Gasteiger partial charge in [-0.15, -0.1) is 0 Å². The molecule has 0 spiro atoms. The molecule has 162 valence electrons. The Morgan fingerprint density at radius 1 is 1.10 bits per heavy atom. The van der Waals surface area contributed by atoms with Crippen LogP contribution >= 0.6 is 0 Å². The maximum absolute atomic E-state index is 13.3. The molecule has 1 saturated carbocycles. The van der Waals surface area contributed by atoms with Gasteiger partial charge in [-0.1, -0.05) is 25.3 Å². The fourth-order valence-electron chi connectivity index (χ4n) is 3.99. The zero-order valence-corrected chi connectivity index (χ0v) is 18.7. The second kappa shape index (κ2) is 9.51. The monoisotopic (exact) mass is 430 g/mol. The molecule has 2 aromatic rings. The fraction of sp³-hybridized carbons (Fsp3) is 0.435. The highest BCUT2D eigenvalue weighted by molar-refractivity contribution is 7.92. The summed E-state index contributed by atoms with van der Waals surface area (Å²) in [5.74, 6) is 0.548. The number of hydrogen-bond acceptors (Lipinski definition) is 4. The van der Waals surface area contributed by atoms with Gasteiger partial charge >= 0.3 is 0 Å². The van der Waals surface area contributed by atoms with Crippen LogP contribution in [0.3, 0.4) is 0 Å². The second-order valence-corrected chi connectivity index (χ2v) is 9.38. The first-order chi connectivity index (χ1) is 14.4. The minimum atomic E-state index is -3.82. The smallest absolute Gasteiger partial charge is 0.261 e. The summed E-state index contributed by atoms with van der Waals surface area (Å²) in [5.41, 5.74) is 1.65. The number of nitrogens with one attached hydrogen (secondary N) is 1. The van der Waals surface area contributed by atoms with Gasteiger partial charge in [-0.3, -0.25) is 9.52 Å². The van der Waals surface area contributed by atoms with Crippen LogP contribution in [0.25, 0.3) is 0 Å². The van der Waals surface area contributed by atoms with Crippen LogP contribution in [0.1, 0.15) is 54.9 Å². The van der Waals surface area contributed by atoms with Crippen LogP contribution in [0.5, 0.6) is 5.75 Å². The Kier molecular flexibility index (Phi) is 7.02. The average Bonchev–Trinajstić information content (AvgIpc) is 2.75. The van der Waals surface area contributed by atoms with Crippen molar-refractivity contribution in [1.29, 1.82) is 0 Å². The summed E-state index contributed by atoms with van der Waals surface area (Å²) in [6.45, 7) is 4.44. The van der Waals surface area contributed by atoms with E-state index in [4.69, 9.17) is 4.74 Å². The van der Waals surface area contributed by atoms with Gasteiger partial charge in [-0.05, 0) is 68.7 Å². The number of aryl methyl sites for hydroxylation is 1. The Morgan fingerprint density at radius 3 is 2.37 bits per heavy atom. The van der Waals surface area contributed by atoms with E-state index >= 15 is 0 Å². The molecule has 3 rings (SSSR count). The van der Waals surface area contributed by atoms with Gasteiger partial charge in [-0.2, -0.15) is 0 Å². The van der Waals surface area contributed by atoms with Crippen molar-refractivity contribution in [3.05, 3.63) is 53.6 Å². The van der Waals surface area contributed by atoms with Crippen molar-refractivity contribution >= 4 is 21.6 Å². The predicted molar refractivity (Wildman–Crippen MR) is 119 cm³/mol. The zero-order chi connectivity index (χ0) is 21.7. The molecule has 1 aliphatic carbocycles. The Bertz CT molecular complexity index is 981. The van der Waals surface area contributed by atoms with Crippen LogP contribution in [-0.2, 0) is 10.0 Å².